The molecule has 3 nitrogen and oxygen atoms in total. The number of hydrogen-bond acceptors (Lipinski definition) is 3. The number of benzene rings is 1. The smallest absolute Gasteiger partial charge is 0.119 e. The van der Waals surface area contributed by atoms with Crippen LogP contribution in [0.15, 0.2) is 24.3 Å². The van der Waals surface area contributed by atoms with E-state index in [-0.39, 0.29) is 5.54 Å². The summed E-state index contributed by atoms with van der Waals surface area (Å²) >= 11 is 0. The summed E-state index contributed by atoms with van der Waals surface area (Å²) < 4.78 is 10.8. The van der Waals surface area contributed by atoms with Crippen molar-refractivity contribution >= 4 is 0 Å². The maximum atomic E-state index is 5.48. The fourth-order valence-electron chi connectivity index (χ4n) is 1.96. The summed E-state index contributed by atoms with van der Waals surface area (Å²) in [6.07, 6.45) is 0. The minimum Gasteiger partial charge on any atom is -0.497 e. The van der Waals surface area contributed by atoms with Gasteiger partial charge in [-0.05, 0) is 45.4 Å². The zero-order chi connectivity index (χ0) is 14.3. The third kappa shape index (κ3) is 5.62. The van der Waals surface area contributed by atoms with Crippen molar-refractivity contribution in [1.29, 1.82) is 0 Å². The summed E-state index contributed by atoms with van der Waals surface area (Å²) in [6.45, 7) is 12.1. The highest BCUT2D eigenvalue weighted by Crippen LogP contribution is 2.19. The Morgan fingerprint density at radius 1 is 1.21 bits per heavy atom. The van der Waals surface area contributed by atoms with E-state index in [1.54, 1.807) is 7.11 Å². The summed E-state index contributed by atoms with van der Waals surface area (Å²) in [5.74, 6) is 0.913. The Morgan fingerprint density at radius 3 is 2.53 bits per heavy atom. The van der Waals surface area contributed by atoms with Crippen molar-refractivity contribution in [2.24, 2.45) is 0 Å². The predicted molar refractivity (Wildman–Crippen MR) is 79.7 cm³/mol. The molecule has 0 unspecified atom stereocenters. The van der Waals surface area contributed by atoms with E-state index in [2.05, 4.69) is 37.8 Å². The second-order valence-corrected chi connectivity index (χ2v) is 5.64. The van der Waals surface area contributed by atoms with Crippen LogP contribution in [-0.2, 0) is 11.3 Å². The second-order valence-electron chi connectivity index (χ2n) is 5.64. The molecule has 1 aromatic carbocycles. The number of nitrogens with zero attached hydrogens (tertiary/aromatic N) is 1. The molecule has 0 spiro atoms. The Kier molecular flexibility index (Phi) is 6.32. The minimum atomic E-state index is 0.125. The first kappa shape index (κ1) is 16.0. The van der Waals surface area contributed by atoms with Crippen LogP contribution in [0.4, 0.5) is 0 Å². The topological polar surface area (TPSA) is 21.7 Å². The molecule has 0 aliphatic heterocycles. The molecule has 0 saturated carbocycles. The maximum Gasteiger partial charge on any atom is 0.119 e. The van der Waals surface area contributed by atoms with E-state index >= 15 is 0 Å². The number of methoxy groups -OCH3 is 1. The first-order valence-corrected chi connectivity index (χ1v) is 6.93. The summed E-state index contributed by atoms with van der Waals surface area (Å²) in [7, 11) is 1.70. The van der Waals surface area contributed by atoms with Gasteiger partial charge in [-0.1, -0.05) is 12.1 Å². The van der Waals surface area contributed by atoms with E-state index in [9.17, 15) is 0 Å². The van der Waals surface area contributed by atoms with Crippen molar-refractivity contribution in [1.82, 2.24) is 4.90 Å². The Hall–Kier alpha value is -1.06. The Labute approximate surface area is 117 Å². The van der Waals surface area contributed by atoms with E-state index in [4.69, 9.17) is 9.47 Å². The van der Waals surface area contributed by atoms with Gasteiger partial charge in [0.1, 0.15) is 5.75 Å². The van der Waals surface area contributed by atoms with Gasteiger partial charge in [-0.3, -0.25) is 4.90 Å². The lowest BCUT2D eigenvalue weighted by molar-refractivity contribution is 0.0646. The van der Waals surface area contributed by atoms with Crippen LogP contribution >= 0.6 is 0 Å². The molecule has 0 bridgehead atoms. The highest BCUT2D eigenvalue weighted by atomic mass is 16.5. The summed E-state index contributed by atoms with van der Waals surface area (Å²) in [5.41, 5.74) is 1.39. The fraction of sp³-hybridized carbons (Fsp3) is 0.625. The highest BCUT2D eigenvalue weighted by Gasteiger charge is 2.21. The van der Waals surface area contributed by atoms with Crippen molar-refractivity contribution in [3.8, 4) is 5.75 Å². The lowest BCUT2D eigenvalue weighted by Crippen LogP contribution is -2.42. The monoisotopic (exact) mass is 265 g/mol. The zero-order valence-electron chi connectivity index (χ0n) is 12.9. The van der Waals surface area contributed by atoms with Crippen LogP contribution in [0.25, 0.3) is 0 Å². The van der Waals surface area contributed by atoms with Crippen molar-refractivity contribution in [3.05, 3.63) is 29.8 Å². The summed E-state index contributed by atoms with van der Waals surface area (Å²) in [4.78, 5) is 2.43. The predicted octanol–water partition coefficient (Wildman–Crippen LogP) is 3.33. The molecular weight excluding hydrogens is 238 g/mol. The standard InChI is InChI=1S/C16H27NO2/c1-6-19-11-10-17(16(2,3)4)13-14-8-7-9-15(12-14)18-5/h7-9,12H,6,10-11,13H2,1-5H3. The van der Waals surface area contributed by atoms with E-state index in [1.165, 1.54) is 5.56 Å². The first-order valence-electron chi connectivity index (χ1n) is 6.93. The van der Waals surface area contributed by atoms with Crippen LogP contribution in [0.5, 0.6) is 5.75 Å². The Bertz CT molecular complexity index is 371. The van der Waals surface area contributed by atoms with Crippen LogP contribution < -0.4 is 4.74 Å². The highest BCUT2D eigenvalue weighted by molar-refractivity contribution is 5.28. The Balaban J connectivity index is 2.70. The van der Waals surface area contributed by atoms with E-state index in [1.807, 2.05) is 19.1 Å². The fourth-order valence-corrected chi connectivity index (χ4v) is 1.96. The van der Waals surface area contributed by atoms with E-state index in [0.717, 1.165) is 32.1 Å². The molecule has 0 aromatic heterocycles. The van der Waals surface area contributed by atoms with Crippen LogP contribution in [0.3, 0.4) is 0 Å². The molecule has 0 fully saturated rings. The van der Waals surface area contributed by atoms with E-state index < -0.39 is 0 Å². The first-order chi connectivity index (χ1) is 8.97. The average molecular weight is 265 g/mol. The minimum absolute atomic E-state index is 0.125. The molecule has 3 heteroatoms. The number of ether oxygens (including phenoxy) is 2. The van der Waals surface area contributed by atoms with Gasteiger partial charge in [-0.15, -0.1) is 0 Å². The third-order valence-corrected chi connectivity index (χ3v) is 3.17. The maximum absolute atomic E-state index is 5.48. The van der Waals surface area contributed by atoms with Gasteiger partial charge >= 0.3 is 0 Å². The molecular formula is C16H27NO2. The van der Waals surface area contributed by atoms with Crippen LogP contribution in [0.1, 0.15) is 33.3 Å². The molecule has 0 saturated heterocycles. The molecule has 1 aromatic rings. The second kappa shape index (κ2) is 7.51. The average Bonchev–Trinajstić information content (AvgIpc) is 2.37. The van der Waals surface area contributed by atoms with Gasteiger partial charge < -0.3 is 9.47 Å². The summed E-state index contributed by atoms with van der Waals surface area (Å²) in [5, 5.41) is 0. The molecule has 19 heavy (non-hydrogen) atoms. The van der Waals surface area contributed by atoms with Crippen LogP contribution in [0.2, 0.25) is 0 Å². The largest absolute Gasteiger partial charge is 0.497 e. The van der Waals surface area contributed by atoms with E-state index in [0.29, 0.717) is 0 Å². The van der Waals surface area contributed by atoms with Gasteiger partial charge in [0, 0.05) is 25.2 Å². The Morgan fingerprint density at radius 2 is 1.95 bits per heavy atom. The molecule has 0 N–H and O–H groups in total. The lowest BCUT2D eigenvalue weighted by atomic mass is 10.0. The number of rotatable bonds is 7. The van der Waals surface area contributed by atoms with Gasteiger partial charge in [0.2, 0.25) is 0 Å². The van der Waals surface area contributed by atoms with Gasteiger partial charge in [0.05, 0.1) is 13.7 Å². The van der Waals surface area contributed by atoms with Gasteiger partial charge in [0.25, 0.3) is 0 Å². The lowest BCUT2D eigenvalue weighted by Gasteiger charge is -2.35. The van der Waals surface area contributed by atoms with Crippen molar-refractivity contribution in [2.75, 3.05) is 26.9 Å². The molecule has 0 heterocycles. The van der Waals surface area contributed by atoms with Crippen LogP contribution in [0, 0.1) is 0 Å². The molecule has 0 amide bonds. The third-order valence-electron chi connectivity index (χ3n) is 3.17. The van der Waals surface area contributed by atoms with Gasteiger partial charge in [-0.2, -0.15) is 0 Å². The SMILES string of the molecule is CCOCCN(Cc1cccc(OC)c1)C(C)(C)C. The van der Waals surface area contributed by atoms with Crippen molar-refractivity contribution in [2.45, 2.75) is 39.8 Å². The van der Waals surface area contributed by atoms with Gasteiger partial charge in [-0.25, -0.2) is 0 Å². The molecule has 0 aliphatic carbocycles. The van der Waals surface area contributed by atoms with Crippen LogP contribution in [-0.4, -0.2) is 37.3 Å². The molecule has 0 aliphatic rings. The van der Waals surface area contributed by atoms with Crippen molar-refractivity contribution < 1.29 is 9.47 Å². The molecule has 0 radical (unpaired) electrons. The molecule has 0 atom stereocenters. The molecule has 1 rings (SSSR count). The van der Waals surface area contributed by atoms with Gasteiger partial charge in [0.15, 0.2) is 0 Å². The summed E-state index contributed by atoms with van der Waals surface area (Å²) in [6, 6.07) is 8.25. The molecule has 108 valence electrons. The quantitative estimate of drug-likeness (QED) is 0.706. The van der Waals surface area contributed by atoms with Crippen molar-refractivity contribution in [3.63, 3.8) is 0 Å². The normalized spacial score (nSPS) is 11.9. The zero-order valence-corrected chi connectivity index (χ0v) is 12.9. The number of hydrogen-bond donors (Lipinski definition) is 0.